The van der Waals surface area contributed by atoms with Crippen LogP contribution in [0.15, 0.2) is 0 Å². The molecular weight excluding hydrogens is 1480 g/mol. The first-order valence-corrected chi connectivity index (χ1v) is 27.3. The van der Waals surface area contributed by atoms with Crippen LogP contribution in [0.25, 0.3) is 0 Å². The molecule has 0 radical (unpaired) electrons. The van der Waals surface area contributed by atoms with Crippen molar-refractivity contribution in [1.29, 1.82) is 0 Å². The molecule has 0 aliphatic heterocycles. The van der Waals surface area contributed by atoms with Crippen LogP contribution in [0.3, 0.4) is 0 Å². The highest BCUT2D eigenvalue weighted by molar-refractivity contribution is 5.95. The van der Waals surface area contributed by atoms with Crippen molar-refractivity contribution < 1.29 is 210 Å². The first kappa shape index (κ1) is 93.9. The highest BCUT2D eigenvalue weighted by atomic mass is 19.5. The maximum atomic E-state index is 14.3. The predicted octanol–water partition coefficient (Wildman–Crippen LogP) is 1.30. The molecule has 7 amide bonds. The Labute approximate surface area is 543 Å². The van der Waals surface area contributed by atoms with Gasteiger partial charge in [-0.25, -0.2) is 0 Å². The first-order valence-electron chi connectivity index (χ1n) is 27.3. The smallest absolute Gasteiger partial charge is 0.394 e. The summed E-state index contributed by atoms with van der Waals surface area (Å²) in [6.45, 7) is -37.1. The third-order valence-electron chi connectivity index (χ3n) is 12.3. The Balaban J connectivity index is 9.12. The molecule has 0 saturated heterocycles. The van der Waals surface area contributed by atoms with Crippen molar-refractivity contribution in [2.75, 3.05) is 178 Å². The molecule has 0 spiro atoms. The van der Waals surface area contributed by atoms with Crippen LogP contribution in [-0.4, -0.2) is 327 Å². The normalized spacial score (nSPS) is 13.6. The molecular formula is C47H62F27N7O19. The number of aliphatic hydroxyl groups excluding tert-OH is 4. The zero-order valence-electron chi connectivity index (χ0n) is 50.6. The van der Waals surface area contributed by atoms with Crippen LogP contribution in [0.2, 0.25) is 0 Å². The number of halogens is 27. The lowest BCUT2D eigenvalue weighted by Gasteiger charge is -2.45. The molecule has 0 aromatic carbocycles. The lowest BCUT2D eigenvalue weighted by Crippen LogP contribution is -2.71. The van der Waals surface area contributed by atoms with Crippen molar-refractivity contribution in [3.05, 3.63) is 0 Å². The van der Waals surface area contributed by atoms with Gasteiger partial charge in [0, 0.05) is 26.2 Å². The van der Waals surface area contributed by atoms with Crippen LogP contribution in [0, 0.1) is 5.41 Å². The molecule has 0 rings (SSSR count). The van der Waals surface area contributed by atoms with Gasteiger partial charge in [-0.1, -0.05) is 0 Å². The van der Waals surface area contributed by atoms with Gasteiger partial charge >= 0.3 is 72.4 Å². The summed E-state index contributed by atoms with van der Waals surface area (Å²) in [6.07, 6.45) is -75.1. The SMILES string of the molecule is O=C(CN(CC(=O)NCCOCCO)C(=O)CN(CC(=O)N(CC(=O)NCCOCCO)CC(=O)NCCOCCO)C(=O)COCC(COC(C(F)(F)F)(C(F)(F)F)C(F)(F)F)(COC(C(F)(F)F)(C(F)(F)F)C(F)(F)F)COC(C(F)(F)F)(C(F)(F)F)C(F)(F)F)NCCOCCO. The van der Waals surface area contributed by atoms with E-state index in [2.05, 4.69) is 40.2 Å². The zero-order chi connectivity index (χ0) is 77.9. The molecule has 0 aliphatic rings. The van der Waals surface area contributed by atoms with E-state index in [1.807, 2.05) is 0 Å². The third kappa shape index (κ3) is 27.3. The number of hydrogen-bond acceptors (Lipinski definition) is 19. The number of nitrogens with zero attached hydrogens (tertiary/aromatic N) is 3. The maximum Gasteiger partial charge on any atom is 0.435 e. The van der Waals surface area contributed by atoms with Gasteiger partial charge in [-0.05, 0) is 0 Å². The van der Waals surface area contributed by atoms with Gasteiger partial charge in [-0.3, -0.25) is 33.6 Å². The number of aliphatic hydroxyl groups is 4. The fourth-order valence-electron chi connectivity index (χ4n) is 7.52. The third-order valence-corrected chi connectivity index (χ3v) is 12.3. The van der Waals surface area contributed by atoms with Crippen molar-refractivity contribution >= 4 is 41.4 Å². The molecule has 8 N–H and O–H groups in total. The average Bonchev–Trinajstić information content (AvgIpc) is 0.732. The Morgan fingerprint density at radius 3 is 0.660 bits per heavy atom. The molecule has 0 aliphatic carbocycles. The van der Waals surface area contributed by atoms with Crippen molar-refractivity contribution in [1.82, 2.24) is 36.0 Å². The molecule has 0 unspecified atom stereocenters. The minimum Gasteiger partial charge on any atom is -0.394 e. The van der Waals surface area contributed by atoms with E-state index in [4.69, 9.17) is 39.4 Å². The second kappa shape index (κ2) is 39.5. The van der Waals surface area contributed by atoms with Gasteiger partial charge in [-0.15, -0.1) is 0 Å². The summed E-state index contributed by atoms with van der Waals surface area (Å²) in [7, 11) is 0. The fraction of sp³-hybridized carbons (Fsp3) is 0.851. The van der Waals surface area contributed by atoms with Crippen LogP contribution >= 0.6 is 0 Å². The molecule has 0 heterocycles. The first-order chi connectivity index (χ1) is 45.5. The summed E-state index contributed by atoms with van der Waals surface area (Å²) in [5.41, 5.74) is -30.5. The van der Waals surface area contributed by atoms with Crippen molar-refractivity contribution in [2.45, 2.75) is 72.4 Å². The standard InChI is InChI=1S/C47H62F27N7O19/c48-39(49,50)36(40(51,52)53,41(54,55)56)98-25-35(26-99-37(42(57,58)59,43(60,61)62)44(63,64)65,27-100-38(45(66,67)68,46(69,70)71)47(72,73)74)24-97-23-34(92)81(21-32(90)79(17-28(86)75-1-9-93-13-5-82)18-29(87)76-2-10-94-14-6-83)22-33(91)80(19-30(88)77-3-11-95-15-7-84)20-31(89)78-4-12-96-16-8-85/h82-85H,1-27H2,(H,75,86)(H,76,87)(H,77,88)(H,78,89). The molecule has 588 valence electrons. The van der Waals surface area contributed by atoms with Crippen LogP contribution < -0.4 is 21.3 Å². The van der Waals surface area contributed by atoms with Crippen molar-refractivity contribution in [2.24, 2.45) is 5.41 Å². The summed E-state index contributed by atoms with van der Waals surface area (Å²) < 4.78 is 417. The molecule has 0 aromatic rings. The number of carbonyl (C=O) groups excluding carboxylic acids is 7. The lowest BCUT2D eigenvalue weighted by molar-refractivity contribution is -0.474. The van der Waals surface area contributed by atoms with E-state index >= 15 is 0 Å². The lowest BCUT2D eigenvalue weighted by atomic mass is 9.89. The number of alkyl halides is 27. The van der Waals surface area contributed by atoms with E-state index in [9.17, 15) is 152 Å². The van der Waals surface area contributed by atoms with Crippen LogP contribution in [0.5, 0.6) is 0 Å². The second-order valence-electron chi connectivity index (χ2n) is 19.9. The fourth-order valence-corrected chi connectivity index (χ4v) is 7.52. The van der Waals surface area contributed by atoms with Gasteiger partial charge in [-0.2, -0.15) is 119 Å². The summed E-state index contributed by atoms with van der Waals surface area (Å²) in [6, 6.07) is 0. The number of nitrogens with one attached hydrogen (secondary N) is 4. The summed E-state index contributed by atoms with van der Waals surface area (Å²) in [5, 5.41) is 44.0. The molecule has 0 aromatic heterocycles. The number of ether oxygens (including phenoxy) is 8. The van der Waals surface area contributed by atoms with E-state index in [0.717, 1.165) is 0 Å². The van der Waals surface area contributed by atoms with E-state index in [1.165, 1.54) is 0 Å². The van der Waals surface area contributed by atoms with Gasteiger partial charge in [0.25, 0.3) is 0 Å². The molecule has 0 saturated carbocycles. The van der Waals surface area contributed by atoms with Gasteiger partial charge in [0.15, 0.2) is 0 Å². The Morgan fingerprint density at radius 2 is 0.470 bits per heavy atom. The highest BCUT2D eigenvalue weighted by Gasteiger charge is 2.89. The highest BCUT2D eigenvalue weighted by Crippen LogP contribution is 2.59. The maximum absolute atomic E-state index is 14.3. The Hall–Kier alpha value is -6.08. The molecule has 0 atom stereocenters. The van der Waals surface area contributed by atoms with Gasteiger partial charge in [0.05, 0.1) is 111 Å². The monoisotopic (exact) mass is 1540 g/mol. The molecule has 26 nitrogen and oxygen atoms in total. The Morgan fingerprint density at radius 1 is 0.270 bits per heavy atom. The molecule has 53 heteroatoms. The van der Waals surface area contributed by atoms with E-state index in [0.29, 0.717) is 0 Å². The van der Waals surface area contributed by atoms with E-state index < -0.39 is 275 Å². The van der Waals surface area contributed by atoms with Gasteiger partial charge < -0.3 is 94.3 Å². The average molecular weight is 1540 g/mol. The number of amides is 7. The van der Waals surface area contributed by atoms with E-state index in [-0.39, 0.29) is 36.2 Å². The molecule has 0 bridgehead atoms. The minimum atomic E-state index is -8.34. The van der Waals surface area contributed by atoms with Gasteiger partial charge in [0.2, 0.25) is 41.4 Å². The van der Waals surface area contributed by atoms with Crippen molar-refractivity contribution in [3.63, 3.8) is 0 Å². The van der Waals surface area contributed by atoms with Crippen LogP contribution in [0.4, 0.5) is 119 Å². The quantitative estimate of drug-likeness (QED) is 0.0315. The second-order valence-corrected chi connectivity index (χ2v) is 19.9. The number of carbonyl (C=O) groups is 7. The number of hydrogen-bond donors (Lipinski definition) is 8. The largest absolute Gasteiger partial charge is 0.435 e. The Kier molecular flexibility index (Phi) is 37.1. The Bertz CT molecular complexity index is 2170. The zero-order valence-corrected chi connectivity index (χ0v) is 50.6. The molecule has 0 fully saturated rings. The topological polar surface area (TPSA) is 332 Å². The van der Waals surface area contributed by atoms with E-state index in [1.54, 1.807) is 0 Å². The summed E-state index contributed by atoms with van der Waals surface area (Å²) in [4.78, 5) is 94.6. The number of rotatable bonds is 45. The van der Waals surface area contributed by atoms with Crippen LogP contribution in [0.1, 0.15) is 0 Å². The molecule has 100 heavy (non-hydrogen) atoms. The summed E-state index contributed by atoms with van der Waals surface area (Å²) in [5.74, 6) is -11.8. The van der Waals surface area contributed by atoms with Crippen molar-refractivity contribution in [3.8, 4) is 0 Å². The predicted molar refractivity (Wildman–Crippen MR) is 267 cm³/mol. The minimum absolute atomic E-state index is 0.0729. The van der Waals surface area contributed by atoms with Gasteiger partial charge in [0.1, 0.15) is 45.9 Å². The van der Waals surface area contributed by atoms with Crippen LogP contribution in [-0.2, 0) is 71.5 Å². The summed E-state index contributed by atoms with van der Waals surface area (Å²) >= 11 is 0.